The largest absolute Gasteiger partial charge is 0.494 e. The van der Waals surface area contributed by atoms with E-state index in [1.807, 2.05) is 26.0 Å². The molecule has 0 spiro atoms. The van der Waals surface area contributed by atoms with Crippen LogP contribution >= 0.6 is 11.6 Å². The summed E-state index contributed by atoms with van der Waals surface area (Å²) < 4.78 is 11.6. The Balaban J connectivity index is 1.72. The van der Waals surface area contributed by atoms with E-state index >= 15 is 0 Å². The van der Waals surface area contributed by atoms with E-state index in [4.69, 9.17) is 21.1 Å². The number of fused-ring (bicyclic) bond motifs is 1. The molecule has 0 fully saturated rings. The van der Waals surface area contributed by atoms with Gasteiger partial charge >= 0.3 is 0 Å². The van der Waals surface area contributed by atoms with Gasteiger partial charge in [0.15, 0.2) is 0 Å². The van der Waals surface area contributed by atoms with Crippen molar-refractivity contribution in [3.8, 4) is 11.5 Å². The third-order valence-electron chi connectivity index (χ3n) is 5.48. The molecular weight excluding hydrogens is 462 g/mol. The Bertz CT molecular complexity index is 1100. The summed E-state index contributed by atoms with van der Waals surface area (Å²) in [6.07, 6.45) is 0.885. The van der Waals surface area contributed by atoms with Crippen LogP contribution in [-0.4, -0.2) is 35.5 Å². The normalized spacial score (nSPS) is 15.3. The number of nitro benzene ring substituents is 1. The van der Waals surface area contributed by atoms with E-state index < -0.39 is 16.9 Å². The summed E-state index contributed by atoms with van der Waals surface area (Å²) in [6, 6.07) is 6.54. The average Bonchev–Trinajstić information content (AvgIpc) is 3.14. The number of non-ortho nitro benzene ring substituents is 1. The van der Waals surface area contributed by atoms with Crippen molar-refractivity contribution in [1.82, 2.24) is 10.6 Å². The summed E-state index contributed by atoms with van der Waals surface area (Å²) in [5.74, 6) is 0.266. The van der Waals surface area contributed by atoms with Gasteiger partial charge in [-0.1, -0.05) is 25.4 Å². The van der Waals surface area contributed by atoms with Crippen LogP contribution in [-0.2, 0) is 17.8 Å². The van der Waals surface area contributed by atoms with Crippen molar-refractivity contribution in [3.63, 3.8) is 0 Å². The quantitative estimate of drug-likeness (QED) is 0.405. The molecule has 1 aliphatic rings. The Morgan fingerprint density at radius 3 is 2.65 bits per heavy atom. The molecule has 0 radical (unpaired) electrons. The number of ether oxygens (including phenoxy) is 2. The van der Waals surface area contributed by atoms with Gasteiger partial charge < -0.3 is 20.1 Å². The molecule has 2 N–H and O–H groups in total. The summed E-state index contributed by atoms with van der Waals surface area (Å²) >= 11 is 6.06. The van der Waals surface area contributed by atoms with Gasteiger partial charge in [-0.05, 0) is 38.0 Å². The van der Waals surface area contributed by atoms with Crippen molar-refractivity contribution in [3.05, 3.63) is 62.2 Å². The van der Waals surface area contributed by atoms with E-state index in [0.717, 1.165) is 29.4 Å². The first-order valence-electron chi connectivity index (χ1n) is 11.1. The van der Waals surface area contributed by atoms with Gasteiger partial charge in [0.25, 0.3) is 11.6 Å². The lowest BCUT2D eigenvalue weighted by atomic mass is 10.0. The van der Waals surface area contributed by atoms with Crippen LogP contribution in [0.2, 0.25) is 5.02 Å². The van der Waals surface area contributed by atoms with E-state index in [2.05, 4.69) is 10.6 Å². The molecule has 2 aromatic rings. The lowest BCUT2D eigenvalue weighted by Gasteiger charge is -2.22. The van der Waals surface area contributed by atoms with Gasteiger partial charge in [-0.25, -0.2) is 0 Å². The van der Waals surface area contributed by atoms with Crippen LogP contribution in [0.4, 0.5) is 5.69 Å². The minimum Gasteiger partial charge on any atom is -0.494 e. The Morgan fingerprint density at radius 2 is 2.03 bits per heavy atom. The predicted octanol–water partition coefficient (Wildman–Crippen LogP) is 4.04. The minimum absolute atomic E-state index is 0.0502. The van der Waals surface area contributed by atoms with Gasteiger partial charge in [-0.3, -0.25) is 19.7 Å². The van der Waals surface area contributed by atoms with Crippen LogP contribution in [0.15, 0.2) is 30.3 Å². The first kappa shape index (κ1) is 25.3. The van der Waals surface area contributed by atoms with Crippen LogP contribution in [0, 0.1) is 16.0 Å². The van der Waals surface area contributed by atoms with Gasteiger partial charge in [0.2, 0.25) is 5.91 Å². The molecule has 0 aliphatic carbocycles. The van der Waals surface area contributed by atoms with Gasteiger partial charge in [0, 0.05) is 36.2 Å². The molecule has 1 aliphatic heterocycles. The molecule has 10 heteroatoms. The van der Waals surface area contributed by atoms with E-state index in [0.29, 0.717) is 12.4 Å². The monoisotopic (exact) mass is 489 g/mol. The van der Waals surface area contributed by atoms with E-state index in [1.165, 1.54) is 12.1 Å². The van der Waals surface area contributed by atoms with Gasteiger partial charge in [-0.2, -0.15) is 0 Å². The summed E-state index contributed by atoms with van der Waals surface area (Å²) in [6.45, 7) is 8.17. The van der Waals surface area contributed by atoms with E-state index in [1.54, 1.807) is 13.8 Å². The Labute approximate surface area is 202 Å². The predicted molar refractivity (Wildman–Crippen MR) is 127 cm³/mol. The second-order valence-electron chi connectivity index (χ2n) is 8.47. The lowest BCUT2D eigenvalue weighted by Crippen LogP contribution is -2.49. The third kappa shape index (κ3) is 5.77. The van der Waals surface area contributed by atoms with E-state index in [-0.39, 0.29) is 40.7 Å². The maximum absolute atomic E-state index is 13.0. The second kappa shape index (κ2) is 10.7. The maximum atomic E-state index is 13.0. The molecule has 2 aromatic carbocycles. The van der Waals surface area contributed by atoms with Gasteiger partial charge in [0.1, 0.15) is 23.6 Å². The Hall–Kier alpha value is -3.33. The smallest absolute Gasteiger partial charge is 0.270 e. The fourth-order valence-corrected chi connectivity index (χ4v) is 4.02. The SMILES string of the molecule is CCOc1cc2c(cc1CNC(=O)C(NC(=O)c1ccc([N+](=O)[O-])cc1Cl)C(C)C)OC(C)C2. The molecule has 0 bridgehead atoms. The number of nitrogens with one attached hydrogen (secondary N) is 2. The van der Waals surface area contributed by atoms with Gasteiger partial charge in [0.05, 0.1) is 22.1 Å². The Kier molecular flexibility index (Phi) is 7.98. The number of hydrogen-bond acceptors (Lipinski definition) is 6. The summed E-state index contributed by atoms with van der Waals surface area (Å²) in [4.78, 5) is 36.0. The molecule has 3 rings (SSSR count). The number of halogens is 1. The van der Waals surface area contributed by atoms with Crippen LogP contribution < -0.4 is 20.1 Å². The van der Waals surface area contributed by atoms with Gasteiger partial charge in [-0.15, -0.1) is 0 Å². The Morgan fingerprint density at radius 1 is 1.29 bits per heavy atom. The molecule has 182 valence electrons. The maximum Gasteiger partial charge on any atom is 0.270 e. The van der Waals surface area contributed by atoms with Crippen molar-refractivity contribution in [1.29, 1.82) is 0 Å². The minimum atomic E-state index is -0.847. The number of carbonyl (C=O) groups excluding carboxylic acids is 2. The number of rotatable bonds is 9. The first-order valence-corrected chi connectivity index (χ1v) is 11.5. The van der Waals surface area contributed by atoms with E-state index in [9.17, 15) is 19.7 Å². The number of nitro groups is 1. The first-order chi connectivity index (χ1) is 16.1. The summed E-state index contributed by atoms with van der Waals surface area (Å²) in [5, 5.41) is 16.4. The highest BCUT2D eigenvalue weighted by molar-refractivity contribution is 6.34. The van der Waals surface area contributed by atoms with Crippen LogP contribution in [0.1, 0.15) is 49.2 Å². The molecule has 2 atom stereocenters. The molecule has 9 nitrogen and oxygen atoms in total. The van der Waals surface area contributed by atoms with Crippen LogP contribution in [0.3, 0.4) is 0 Å². The number of hydrogen-bond donors (Lipinski definition) is 2. The highest BCUT2D eigenvalue weighted by Crippen LogP contribution is 2.35. The number of amides is 2. The van der Waals surface area contributed by atoms with Crippen molar-refractivity contribution in [2.45, 2.75) is 52.8 Å². The summed E-state index contributed by atoms with van der Waals surface area (Å²) in [7, 11) is 0. The average molecular weight is 490 g/mol. The standard InChI is InChI=1S/C24H28ClN3O6/c1-5-33-20-9-15-8-14(4)34-21(15)10-16(20)12-26-24(30)22(13(2)3)27-23(29)18-7-6-17(28(31)32)11-19(18)25/h6-7,9-11,13-14,22H,5,8,12H2,1-4H3,(H,26,30)(H,27,29). The molecule has 0 saturated carbocycles. The van der Waals surface area contributed by atoms with Crippen LogP contribution in [0.25, 0.3) is 0 Å². The number of benzene rings is 2. The van der Waals surface area contributed by atoms with Crippen molar-refractivity contribution < 1.29 is 24.0 Å². The third-order valence-corrected chi connectivity index (χ3v) is 5.79. The molecule has 2 amide bonds. The molecule has 0 aromatic heterocycles. The second-order valence-corrected chi connectivity index (χ2v) is 8.87. The van der Waals surface area contributed by atoms with Crippen molar-refractivity contribution in [2.24, 2.45) is 5.92 Å². The zero-order chi connectivity index (χ0) is 25.0. The van der Waals surface area contributed by atoms with Crippen LogP contribution in [0.5, 0.6) is 11.5 Å². The highest BCUT2D eigenvalue weighted by Gasteiger charge is 2.27. The topological polar surface area (TPSA) is 120 Å². The zero-order valence-electron chi connectivity index (χ0n) is 19.5. The molecule has 2 unspecified atom stereocenters. The fraction of sp³-hybridized carbons (Fsp3) is 0.417. The number of carbonyl (C=O) groups is 2. The van der Waals surface area contributed by atoms with Crippen molar-refractivity contribution in [2.75, 3.05) is 6.61 Å². The lowest BCUT2D eigenvalue weighted by molar-refractivity contribution is -0.384. The zero-order valence-corrected chi connectivity index (χ0v) is 20.3. The molecule has 0 saturated heterocycles. The molecule has 1 heterocycles. The number of nitrogens with zero attached hydrogens (tertiary/aromatic N) is 1. The van der Waals surface area contributed by atoms with Crippen molar-refractivity contribution >= 4 is 29.1 Å². The summed E-state index contributed by atoms with van der Waals surface area (Å²) in [5.41, 5.74) is 1.67. The fourth-order valence-electron chi connectivity index (χ4n) is 3.76. The molecule has 34 heavy (non-hydrogen) atoms. The molecular formula is C24H28ClN3O6. The highest BCUT2D eigenvalue weighted by atomic mass is 35.5.